The lowest BCUT2D eigenvalue weighted by molar-refractivity contribution is 0.0829. The third kappa shape index (κ3) is 2.20. The number of aromatic nitrogens is 3. The molecule has 1 amide bonds. The lowest BCUT2D eigenvalue weighted by Crippen LogP contribution is -2.22. The van der Waals surface area contributed by atoms with Crippen molar-refractivity contribution in [1.82, 2.24) is 19.7 Å². The number of pyridine rings is 1. The highest BCUT2D eigenvalue weighted by Crippen LogP contribution is 2.25. The first-order chi connectivity index (χ1) is 8.82. The molecular weight excluding hydrogens is 240 g/mol. The van der Waals surface area contributed by atoms with E-state index in [4.69, 9.17) is 0 Å². The molecule has 2 aromatic heterocycles. The number of hydrogen-bond acceptors (Lipinski definition) is 3. The van der Waals surface area contributed by atoms with Crippen molar-refractivity contribution in [3.05, 3.63) is 23.0 Å². The minimum Gasteiger partial charge on any atom is -0.345 e. The summed E-state index contributed by atoms with van der Waals surface area (Å²) in [5, 5.41) is 5.23. The lowest BCUT2D eigenvalue weighted by atomic mass is 10.0. The molecule has 0 saturated carbocycles. The molecule has 0 aliphatic carbocycles. The van der Waals surface area contributed by atoms with E-state index in [-0.39, 0.29) is 11.8 Å². The molecule has 0 aliphatic heterocycles. The standard InChI is InChI=1S/C14H20N4O/c1-8(2)11-7-10(14(19)17(4)5)12-9(3)16-18(6)13(12)15-11/h7-8H,1-6H3. The predicted molar refractivity (Wildman–Crippen MR) is 75.4 cm³/mol. The van der Waals surface area contributed by atoms with Crippen LogP contribution in [0.25, 0.3) is 11.0 Å². The van der Waals surface area contributed by atoms with Crippen molar-refractivity contribution >= 4 is 16.9 Å². The number of carbonyl (C=O) groups excluding carboxylic acids is 1. The predicted octanol–water partition coefficient (Wildman–Crippen LogP) is 2.10. The molecule has 0 saturated heterocycles. The second-order valence-corrected chi connectivity index (χ2v) is 5.36. The van der Waals surface area contributed by atoms with Gasteiger partial charge in [0.2, 0.25) is 0 Å². The van der Waals surface area contributed by atoms with Gasteiger partial charge in [-0.3, -0.25) is 9.48 Å². The van der Waals surface area contributed by atoms with Crippen LogP contribution in [0.1, 0.15) is 41.5 Å². The molecule has 0 N–H and O–H groups in total. The van der Waals surface area contributed by atoms with Crippen LogP contribution in [0.5, 0.6) is 0 Å². The third-order valence-corrected chi connectivity index (χ3v) is 3.22. The first kappa shape index (κ1) is 13.5. The molecule has 0 fully saturated rings. The first-order valence-corrected chi connectivity index (χ1v) is 6.38. The van der Waals surface area contributed by atoms with Crippen molar-refractivity contribution in [1.29, 1.82) is 0 Å². The Morgan fingerprint density at radius 3 is 2.53 bits per heavy atom. The molecule has 0 radical (unpaired) electrons. The Morgan fingerprint density at radius 2 is 2.00 bits per heavy atom. The van der Waals surface area contributed by atoms with Crippen molar-refractivity contribution in [3.8, 4) is 0 Å². The largest absolute Gasteiger partial charge is 0.345 e. The van der Waals surface area contributed by atoms with Crippen molar-refractivity contribution in [2.24, 2.45) is 7.05 Å². The molecule has 102 valence electrons. The maximum atomic E-state index is 12.4. The Balaban J connectivity index is 2.82. The van der Waals surface area contributed by atoms with Gasteiger partial charge in [-0.1, -0.05) is 13.8 Å². The smallest absolute Gasteiger partial charge is 0.254 e. The van der Waals surface area contributed by atoms with E-state index in [9.17, 15) is 4.79 Å². The van der Waals surface area contributed by atoms with Crippen LogP contribution < -0.4 is 0 Å². The summed E-state index contributed by atoms with van der Waals surface area (Å²) < 4.78 is 1.74. The second kappa shape index (κ2) is 4.64. The van der Waals surface area contributed by atoms with Crippen molar-refractivity contribution in [3.63, 3.8) is 0 Å². The molecule has 0 aliphatic rings. The number of carbonyl (C=O) groups is 1. The van der Waals surface area contributed by atoms with Crippen LogP contribution in [-0.2, 0) is 7.05 Å². The summed E-state index contributed by atoms with van der Waals surface area (Å²) in [6.45, 7) is 6.05. The molecule has 0 bridgehead atoms. The average molecular weight is 260 g/mol. The zero-order valence-electron chi connectivity index (χ0n) is 12.4. The number of nitrogens with zero attached hydrogens (tertiary/aromatic N) is 4. The zero-order chi connectivity index (χ0) is 14.3. The van der Waals surface area contributed by atoms with Gasteiger partial charge in [-0.05, 0) is 18.9 Å². The van der Waals surface area contributed by atoms with Gasteiger partial charge in [-0.2, -0.15) is 5.10 Å². The first-order valence-electron chi connectivity index (χ1n) is 6.38. The monoisotopic (exact) mass is 260 g/mol. The molecule has 0 unspecified atom stereocenters. The number of amides is 1. The van der Waals surface area contributed by atoms with Crippen LogP contribution in [0, 0.1) is 6.92 Å². The summed E-state index contributed by atoms with van der Waals surface area (Å²) in [5.41, 5.74) is 3.21. The highest BCUT2D eigenvalue weighted by atomic mass is 16.2. The van der Waals surface area contributed by atoms with E-state index in [0.717, 1.165) is 22.4 Å². The van der Waals surface area contributed by atoms with Gasteiger partial charge in [0.05, 0.1) is 16.6 Å². The van der Waals surface area contributed by atoms with Crippen LogP contribution in [0.4, 0.5) is 0 Å². The molecular formula is C14H20N4O. The highest BCUT2D eigenvalue weighted by Gasteiger charge is 2.20. The fraction of sp³-hybridized carbons (Fsp3) is 0.500. The van der Waals surface area contributed by atoms with E-state index in [1.54, 1.807) is 23.7 Å². The van der Waals surface area contributed by atoms with Crippen LogP contribution in [0.2, 0.25) is 0 Å². The van der Waals surface area contributed by atoms with Gasteiger partial charge in [0.15, 0.2) is 5.65 Å². The Labute approximate surface area is 113 Å². The van der Waals surface area contributed by atoms with Gasteiger partial charge in [0.25, 0.3) is 5.91 Å². The molecule has 0 atom stereocenters. The molecule has 5 heteroatoms. The Kier molecular flexibility index (Phi) is 3.30. The highest BCUT2D eigenvalue weighted by molar-refractivity contribution is 6.06. The minimum absolute atomic E-state index is 0.00889. The fourth-order valence-corrected chi connectivity index (χ4v) is 2.17. The number of rotatable bonds is 2. The van der Waals surface area contributed by atoms with E-state index in [1.165, 1.54) is 0 Å². The van der Waals surface area contributed by atoms with Crippen molar-refractivity contribution in [2.45, 2.75) is 26.7 Å². The van der Waals surface area contributed by atoms with Crippen LogP contribution in [-0.4, -0.2) is 39.7 Å². The van der Waals surface area contributed by atoms with Gasteiger partial charge >= 0.3 is 0 Å². The normalized spacial score (nSPS) is 11.3. The Morgan fingerprint density at radius 1 is 1.37 bits per heavy atom. The van der Waals surface area contributed by atoms with E-state index < -0.39 is 0 Å². The maximum Gasteiger partial charge on any atom is 0.254 e. The SMILES string of the molecule is Cc1nn(C)c2nc(C(C)C)cc(C(=O)N(C)C)c12. The van der Waals surface area contributed by atoms with Gasteiger partial charge in [-0.15, -0.1) is 0 Å². The topological polar surface area (TPSA) is 51.0 Å². The van der Waals surface area contributed by atoms with Gasteiger partial charge in [0, 0.05) is 26.8 Å². The molecule has 0 spiro atoms. The number of hydrogen-bond donors (Lipinski definition) is 0. The number of fused-ring (bicyclic) bond motifs is 1. The second-order valence-electron chi connectivity index (χ2n) is 5.36. The van der Waals surface area contributed by atoms with Crippen LogP contribution in [0.15, 0.2) is 6.07 Å². The molecule has 2 rings (SSSR count). The molecule has 2 heterocycles. The summed E-state index contributed by atoms with van der Waals surface area (Å²) in [6.07, 6.45) is 0. The fourth-order valence-electron chi connectivity index (χ4n) is 2.17. The molecule has 19 heavy (non-hydrogen) atoms. The summed E-state index contributed by atoms with van der Waals surface area (Å²) >= 11 is 0. The van der Waals surface area contributed by atoms with Crippen LogP contribution >= 0.6 is 0 Å². The minimum atomic E-state index is -0.00889. The zero-order valence-corrected chi connectivity index (χ0v) is 12.4. The van der Waals surface area contributed by atoms with Gasteiger partial charge in [-0.25, -0.2) is 4.98 Å². The molecule has 0 aromatic carbocycles. The summed E-state index contributed by atoms with van der Waals surface area (Å²) in [5.74, 6) is 0.263. The molecule has 2 aromatic rings. The van der Waals surface area contributed by atoms with E-state index in [1.807, 2.05) is 20.0 Å². The Hall–Kier alpha value is -1.91. The number of aryl methyl sites for hydroxylation is 2. The lowest BCUT2D eigenvalue weighted by Gasteiger charge is -2.14. The quantitative estimate of drug-likeness (QED) is 0.831. The van der Waals surface area contributed by atoms with E-state index in [0.29, 0.717) is 5.56 Å². The summed E-state index contributed by atoms with van der Waals surface area (Å²) in [4.78, 5) is 18.6. The summed E-state index contributed by atoms with van der Waals surface area (Å²) in [6, 6.07) is 1.89. The van der Waals surface area contributed by atoms with E-state index >= 15 is 0 Å². The Bertz CT molecular complexity index is 640. The van der Waals surface area contributed by atoms with Gasteiger partial charge in [0.1, 0.15) is 0 Å². The van der Waals surface area contributed by atoms with Crippen LogP contribution in [0.3, 0.4) is 0 Å². The summed E-state index contributed by atoms with van der Waals surface area (Å²) in [7, 11) is 5.38. The third-order valence-electron chi connectivity index (χ3n) is 3.22. The van der Waals surface area contributed by atoms with E-state index in [2.05, 4.69) is 23.9 Å². The van der Waals surface area contributed by atoms with Crippen molar-refractivity contribution < 1.29 is 4.79 Å². The van der Waals surface area contributed by atoms with Crippen molar-refractivity contribution in [2.75, 3.05) is 14.1 Å². The maximum absolute atomic E-state index is 12.4. The average Bonchev–Trinajstić information content (AvgIpc) is 2.63. The van der Waals surface area contributed by atoms with Gasteiger partial charge < -0.3 is 4.90 Å². The molecule has 5 nitrogen and oxygen atoms in total.